The number of carboxylic acids is 1. The molecular formula is C18H14N3O6S-. The van der Waals surface area contributed by atoms with E-state index in [1.807, 2.05) is 6.92 Å². The first-order valence-electron chi connectivity index (χ1n) is 8.16. The number of thioether (sulfide) groups is 1. The smallest absolute Gasteiger partial charge is 0.281 e. The first-order valence-corrected chi connectivity index (χ1v) is 8.97. The van der Waals surface area contributed by atoms with Gasteiger partial charge in [0.25, 0.3) is 10.9 Å². The average Bonchev–Trinajstić information content (AvgIpc) is 3.30. The molecule has 2 aromatic heterocycles. The van der Waals surface area contributed by atoms with Crippen LogP contribution in [0.25, 0.3) is 17.4 Å². The number of rotatable bonds is 7. The van der Waals surface area contributed by atoms with Gasteiger partial charge in [-0.3, -0.25) is 10.1 Å². The lowest BCUT2D eigenvalue weighted by molar-refractivity contribution is -0.384. The van der Waals surface area contributed by atoms with E-state index in [2.05, 4.69) is 10.2 Å². The molecular weight excluding hydrogens is 386 g/mol. The van der Waals surface area contributed by atoms with Crippen LogP contribution in [0.15, 0.2) is 49.3 Å². The first kappa shape index (κ1) is 19.4. The van der Waals surface area contributed by atoms with Crippen molar-refractivity contribution < 1.29 is 23.7 Å². The first-order chi connectivity index (χ1) is 13.4. The molecule has 0 saturated heterocycles. The second-order valence-electron chi connectivity index (χ2n) is 5.67. The predicted octanol–water partition coefficient (Wildman–Crippen LogP) is 2.99. The SMILES string of the molecule is CCc1nnc(S/C(=C/c2ccc(-c3ccc([N+](=O)[O-])cc3C)o2)C(=O)[O-])o1. The van der Waals surface area contributed by atoms with Crippen LogP contribution in [-0.2, 0) is 11.2 Å². The standard InChI is InChI=1S/C18H15N3O6S/c1-3-16-19-20-18(27-16)28-15(17(22)23)9-12-5-7-14(26-12)13-6-4-11(21(24)25)8-10(13)2/h4-9H,3H2,1-2H3,(H,22,23)/p-1/b15-9+. The Morgan fingerprint density at radius 1 is 1.25 bits per heavy atom. The molecule has 0 unspecified atom stereocenters. The average molecular weight is 400 g/mol. The third-order valence-electron chi connectivity index (χ3n) is 3.74. The van der Waals surface area contributed by atoms with Crippen molar-refractivity contribution in [1.29, 1.82) is 0 Å². The van der Waals surface area contributed by atoms with E-state index in [1.54, 1.807) is 25.1 Å². The molecule has 0 atom stereocenters. The molecule has 0 amide bonds. The van der Waals surface area contributed by atoms with Gasteiger partial charge in [-0.25, -0.2) is 0 Å². The molecule has 0 spiro atoms. The Balaban J connectivity index is 1.86. The molecule has 9 nitrogen and oxygen atoms in total. The number of carboxylic acid groups (broad SMARTS) is 1. The van der Waals surface area contributed by atoms with Crippen molar-refractivity contribution in [1.82, 2.24) is 10.2 Å². The normalized spacial score (nSPS) is 11.6. The zero-order valence-electron chi connectivity index (χ0n) is 14.9. The summed E-state index contributed by atoms with van der Waals surface area (Å²) in [6.45, 7) is 3.56. The zero-order chi connectivity index (χ0) is 20.3. The van der Waals surface area contributed by atoms with Gasteiger partial charge >= 0.3 is 0 Å². The summed E-state index contributed by atoms with van der Waals surface area (Å²) in [6.07, 6.45) is 1.83. The lowest BCUT2D eigenvalue weighted by Gasteiger charge is -2.04. The molecule has 144 valence electrons. The Bertz CT molecular complexity index is 1070. The predicted molar refractivity (Wildman–Crippen MR) is 98.1 cm³/mol. The van der Waals surface area contributed by atoms with E-state index in [0.717, 1.165) is 11.8 Å². The lowest BCUT2D eigenvalue weighted by Crippen LogP contribution is -2.22. The summed E-state index contributed by atoms with van der Waals surface area (Å²) in [5.41, 5.74) is 1.30. The van der Waals surface area contributed by atoms with Crippen LogP contribution in [0.2, 0.25) is 0 Å². The zero-order valence-corrected chi connectivity index (χ0v) is 15.7. The van der Waals surface area contributed by atoms with Crippen molar-refractivity contribution in [2.45, 2.75) is 25.5 Å². The Hall–Kier alpha value is -3.40. The summed E-state index contributed by atoms with van der Waals surface area (Å²) in [4.78, 5) is 21.6. The highest BCUT2D eigenvalue weighted by Gasteiger charge is 2.14. The topological polar surface area (TPSA) is 135 Å². The number of nitro benzene ring substituents is 1. The summed E-state index contributed by atoms with van der Waals surface area (Å²) in [6, 6.07) is 7.64. The Labute approximate surface area is 163 Å². The van der Waals surface area contributed by atoms with Gasteiger partial charge < -0.3 is 18.7 Å². The molecule has 3 rings (SSSR count). The third kappa shape index (κ3) is 4.29. The van der Waals surface area contributed by atoms with Crippen molar-refractivity contribution in [3.05, 3.63) is 62.6 Å². The second-order valence-corrected chi connectivity index (χ2v) is 6.66. The number of aliphatic carboxylic acids is 1. The minimum absolute atomic E-state index is 0.0189. The third-order valence-corrected chi connectivity index (χ3v) is 4.58. The lowest BCUT2D eigenvalue weighted by atomic mass is 10.1. The maximum atomic E-state index is 11.4. The van der Waals surface area contributed by atoms with Crippen LogP contribution in [-0.4, -0.2) is 21.1 Å². The molecule has 0 N–H and O–H groups in total. The number of benzene rings is 1. The summed E-state index contributed by atoms with van der Waals surface area (Å²) in [5.74, 6) is -0.290. The van der Waals surface area contributed by atoms with E-state index in [4.69, 9.17) is 8.83 Å². The maximum Gasteiger partial charge on any atom is 0.281 e. The van der Waals surface area contributed by atoms with E-state index in [-0.39, 0.29) is 21.6 Å². The Kier molecular flexibility index (Phi) is 5.59. The number of carbonyl (C=O) groups excluding carboxylic acids is 1. The summed E-state index contributed by atoms with van der Waals surface area (Å²) >= 11 is 0.765. The minimum atomic E-state index is -1.41. The van der Waals surface area contributed by atoms with Crippen molar-refractivity contribution in [3.63, 3.8) is 0 Å². The molecule has 0 fully saturated rings. The molecule has 10 heteroatoms. The van der Waals surface area contributed by atoms with E-state index in [1.165, 1.54) is 18.2 Å². The van der Waals surface area contributed by atoms with Crippen LogP contribution < -0.4 is 5.11 Å². The number of hydrogen-bond donors (Lipinski definition) is 0. The summed E-state index contributed by atoms with van der Waals surface area (Å²) in [5, 5.41) is 29.9. The highest BCUT2D eigenvalue weighted by atomic mass is 32.2. The van der Waals surface area contributed by atoms with Gasteiger partial charge in [0.15, 0.2) is 0 Å². The maximum absolute atomic E-state index is 11.4. The molecule has 0 aliphatic heterocycles. The summed E-state index contributed by atoms with van der Waals surface area (Å²) < 4.78 is 11.0. The number of furan rings is 1. The molecule has 1 aromatic carbocycles. The molecule has 0 bridgehead atoms. The molecule has 0 aliphatic rings. The molecule has 3 aromatic rings. The molecule has 0 saturated carbocycles. The van der Waals surface area contributed by atoms with Gasteiger partial charge in [-0.2, -0.15) is 0 Å². The van der Waals surface area contributed by atoms with Crippen LogP contribution >= 0.6 is 11.8 Å². The fourth-order valence-electron chi connectivity index (χ4n) is 2.39. The van der Waals surface area contributed by atoms with E-state index in [0.29, 0.717) is 29.2 Å². The van der Waals surface area contributed by atoms with Gasteiger partial charge in [0.05, 0.1) is 10.9 Å². The second kappa shape index (κ2) is 8.09. The van der Waals surface area contributed by atoms with Crippen molar-refractivity contribution in [2.75, 3.05) is 0 Å². The van der Waals surface area contributed by atoms with E-state index < -0.39 is 10.9 Å². The van der Waals surface area contributed by atoms with Crippen molar-refractivity contribution in [3.8, 4) is 11.3 Å². The fourth-order valence-corrected chi connectivity index (χ4v) is 3.05. The summed E-state index contributed by atoms with van der Waals surface area (Å²) in [7, 11) is 0. The molecule has 0 aliphatic carbocycles. The number of non-ortho nitro benzene ring substituents is 1. The van der Waals surface area contributed by atoms with Crippen molar-refractivity contribution in [2.24, 2.45) is 0 Å². The number of hydrogen-bond acceptors (Lipinski definition) is 9. The van der Waals surface area contributed by atoms with Gasteiger partial charge in [-0.05, 0) is 48.5 Å². The highest BCUT2D eigenvalue weighted by molar-refractivity contribution is 8.03. The van der Waals surface area contributed by atoms with Gasteiger partial charge in [0.1, 0.15) is 11.5 Å². The minimum Gasteiger partial charge on any atom is -0.544 e. The number of carbonyl (C=O) groups is 1. The number of nitro groups is 1. The number of aromatic nitrogens is 2. The number of aryl methyl sites for hydroxylation is 2. The largest absolute Gasteiger partial charge is 0.544 e. The molecule has 2 heterocycles. The van der Waals surface area contributed by atoms with Gasteiger partial charge in [-0.15, -0.1) is 10.2 Å². The fraction of sp³-hybridized carbons (Fsp3) is 0.167. The quantitative estimate of drug-likeness (QED) is 0.254. The molecule has 0 radical (unpaired) electrons. The van der Waals surface area contributed by atoms with Gasteiger partial charge in [-0.1, -0.05) is 6.92 Å². The van der Waals surface area contributed by atoms with E-state index >= 15 is 0 Å². The van der Waals surface area contributed by atoms with Crippen LogP contribution in [0.3, 0.4) is 0 Å². The Morgan fingerprint density at radius 2 is 2.04 bits per heavy atom. The van der Waals surface area contributed by atoms with Crippen LogP contribution in [0, 0.1) is 17.0 Å². The molecule has 28 heavy (non-hydrogen) atoms. The van der Waals surface area contributed by atoms with Crippen LogP contribution in [0.1, 0.15) is 24.1 Å². The van der Waals surface area contributed by atoms with Crippen LogP contribution in [0.4, 0.5) is 5.69 Å². The van der Waals surface area contributed by atoms with E-state index in [9.17, 15) is 20.0 Å². The van der Waals surface area contributed by atoms with Gasteiger partial charge in [0.2, 0.25) is 5.89 Å². The monoisotopic (exact) mass is 400 g/mol. The number of nitrogens with zero attached hydrogens (tertiary/aromatic N) is 3. The van der Waals surface area contributed by atoms with Crippen molar-refractivity contribution >= 4 is 29.5 Å². The highest BCUT2D eigenvalue weighted by Crippen LogP contribution is 2.31. The Morgan fingerprint density at radius 3 is 2.64 bits per heavy atom. The van der Waals surface area contributed by atoms with Gasteiger partial charge in [0, 0.05) is 29.0 Å². The van der Waals surface area contributed by atoms with Crippen LogP contribution in [0.5, 0.6) is 0 Å².